The maximum absolute atomic E-state index is 12.1. The van der Waals surface area contributed by atoms with Crippen LogP contribution in [0.1, 0.15) is 17.3 Å². The Balaban J connectivity index is 2.83. The van der Waals surface area contributed by atoms with Gasteiger partial charge in [0, 0.05) is 19.8 Å². The zero-order valence-electron chi connectivity index (χ0n) is 10.6. The molecule has 6 heteroatoms. The van der Waals surface area contributed by atoms with E-state index in [9.17, 15) is 9.59 Å². The van der Waals surface area contributed by atoms with Crippen LogP contribution in [0.4, 0.5) is 0 Å². The molecule has 0 aromatic carbocycles. The van der Waals surface area contributed by atoms with Crippen LogP contribution >= 0.6 is 0 Å². The maximum atomic E-state index is 12.1. The van der Waals surface area contributed by atoms with Crippen LogP contribution in [0.3, 0.4) is 0 Å². The number of carbonyl (C=O) groups is 2. The highest BCUT2D eigenvalue weighted by atomic mass is 16.5. The molecule has 0 aliphatic heterocycles. The Morgan fingerprint density at radius 2 is 2.22 bits per heavy atom. The van der Waals surface area contributed by atoms with Crippen molar-refractivity contribution in [3.63, 3.8) is 0 Å². The standard InChI is InChI=1S/C12H16N2O4/c1-8(12(16)17)7-14(2)11(15)9-5-4-6-13-10(9)18-3/h4-6,8H,7H2,1-3H3,(H,16,17). The van der Waals surface area contributed by atoms with E-state index in [1.807, 2.05) is 0 Å². The molecule has 18 heavy (non-hydrogen) atoms. The van der Waals surface area contributed by atoms with E-state index in [1.165, 1.54) is 18.2 Å². The number of hydrogen-bond donors (Lipinski definition) is 1. The monoisotopic (exact) mass is 252 g/mol. The second kappa shape index (κ2) is 6.00. The highest BCUT2D eigenvalue weighted by Crippen LogP contribution is 2.16. The van der Waals surface area contributed by atoms with Crippen LogP contribution in [-0.4, -0.2) is 47.6 Å². The number of carboxylic acid groups (broad SMARTS) is 1. The summed E-state index contributed by atoms with van der Waals surface area (Å²) in [5.41, 5.74) is 0.320. The first kappa shape index (κ1) is 14.0. The molecule has 1 aromatic rings. The molecule has 0 spiro atoms. The summed E-state index contributed by atoms with van der Waals surface area (Å²) >= 11 is 0. The summed E-state index contributed by atoms with van der Waals surface area (Å²) in [5.74, 6) is -1.64. The highest BCUT2D eigenvalue weighted by Gasteiger charge is 2.21. The van der Waals surface area contributed by atoms with Gasteiger partial charge in [-0.05, 0) is 12.1 Å². The second-order valence-corrected chi connectivity index (χ2v) is 3.99. The number of carbonyl (C=O) groups excluding carboxylic acids is 1. The molecule has 1 rings (SSSR count). The van der Waals surface area contributed by atoms with Gasteiger partial charge in [0.05, 0.1) is 13.0 Å². The van der Waals surface area contributed by atoms with E-state index >= 15 is 0 Å². The molecule has 0 aliphatic rings. The first-order valence-corrected chi connectivity index (χ1v) is 5.44. The van der Waals surface area contributed by atoms with E-state index in [0.717, 1.165) is 0 Å². The lowest BCUT2D eigenvalue weighted by molar-refractivity contribution is -0.141. The normalized spacial score (nSPS) is 11.7. The number of aliphatic carboxylic acids is 1. The van der Waals surface area contributed by atoms with Crippen molar-refractivity contribution >= 4 is 11.9 Å². The molecule has 1 N–H and O–H groups in total. The molecule has 0 fully saturated rings. The largest absolute Gasteiger partial charge is 0.481 e. The average molecular weight is 252 g/mol. The zero-order chi connectivity index (χ0) is 13.7. The van der Waals surface area contributed by atoms with Crippen LogP contribution in [-0.2, 0) is 4.79 Å². The Labute approximate surface area is 105 Å². The van der Waals surface area contributed by atoms with E-state index in [0.29, 0.717) is 5.56 Å². The van der Waals surface area contributed by atoms with Gasteiger partial charge in [-0.1, -0.05) is 6.92 Å². The van der Waals surface area contributed by atoms with Gasteiger partial charge < -0.3 is 14.7 Å². The molecule has 0 saturated heterocycles. The first-order valence-electron chi connectivity index (χ1n) is 5.44. The van der Waals surface area contributed by atoms with Gasteiger partial charge >= 0.3 is 5.97 Å². The van der Waals surface area contributed by atoms with Crippen LogP contribution in [0.15, 0.2) is 18.3 Å². The lowest BCUT2D eigenvalue weighted by Crippen LogP contribution is -2.34. The molecule has 0 bridgehead atoms. The molecular weight excluding hydrogens is 236 g/mol. The first-order chi connectivity index (χ1) is 8.47. The van der Waals surface area contributed by atoms with Gasteiger partial charge in [0.2, 0.25) is 5.88 Å². The number of nitrogens with zero attached hydrogens (tertiary/aromatic N) is 2. The van der Waals surface area contributed by atoms with Crippen molar-refractivity contribution < 1.29 is 19.4 Å². The minimum absolute atomic E-state index is 0.131. The highest BCUT2D eigenvalue weighted by molar-refractivity contribution is 5.96. The van der Waals surface area contributed by atoms with Crippen LogP contribution in [0.25, 0.3) is 0 Å². The smallest absolute Gasteiger partial charge is 0.308 e. The summed E-state index contributed by atoms with van der Waals surface area (Å²) in [4.78, 5) is 28.1. The van der Waals surface area contributed by atoms with Gasteiger partial charge in [0.15, 0.2) is 0 Å². The van der Waals surface area contributed by atoms with Crippen LogP contribution in [0, 0.1) is 5.92 Å². The number of pyridine rings is 1. The predicted molar refractivity (Wildman–Crippen MR) is 64.5 cm³/mol. The molecule has 1 amide bonds. The van der Waals surface area contributed by atoms with Gasteiger partial charge in [-0.3, -0.25) is 9.59 Å². The second-order valence-electron chi connectivity index (χ2n) is 3.99. The van der Waals surface area contributed by atoms with Crippen molar-refractivity contribution in [2.24, 2.45) is 5.92 Å². The minimum atomic E-state index is -0.937. The topological polar surface area (TPSA) is 79.7 Å². The molecule has 98 valence electrons. The van der Waals surface area contributed by atoms with Gasteiger partial charge in [-0.15, -0.1) is 0 Å². The van der Waals surface area contributed by atoms with Gasteiger partial charge in [0.25, 0.3) is 5.91 Å². The summed E-state index contributed by atoms with van der Waals surface area (Å²) in [6.45, 7) is 1.68. The molecular formula is C12H16N2O4. The Morgan fingerprint density at radius 1 is 1.56 bits per heavy atom. The van der Waals surface area contributed by atoms with E-state index in [1.54, 1.807) is 26.1 Å². The van der Waals surface area contributed by atoms with Crippen molar-refractivity contribution in [3.8, 4) is 5.88 Å². The van der Waals surface area contributed by atoms with Crippen LogP contribution in [0.2, 0.25) is 0 Å². The van der Waals surface area contributed by atoms with E-state index in [4.69, 9.17) is 9.84 Å². The fraction of sp³-hybridized carbons (Fsp3) is 0.417. The van der Waals surface area contributed by atoms with E-state index in [-0.39, 0.29) is 18.3 Å². The third kappa shape index (κ3) is 3.19. The number of aromatic nitrogens is 1. The molecule has 1 heterocycles. The summed E-state index contributed by atoms with van der Waals surface area (Å²) in [5, 5.41) is 8.81. The molecule has 0 saturated carbocycles. The number of hydrogen-bond acceptors (Lipinski definition) is 4. The number of amides is 1. The van der Waals surface area contributed by atoms with Crippen molar-refractivity contribution in [1.29, 1.82) is 0 Å². The fourth-order valence-electron chi connectivity index (χ4n) is 1.49. The molecule has 0 radical (unpaired) electrons. The van der Waals surface area contributed by atoms with Crippen molar-refractivity contribution in [2.75, 3.05) is 20.7 Å². The lowest BCUT2D eigenvalue weighted by Gasteiger charge is -2.20. The SMILES string of the molecule is COc1ncccc1C(=O)N(C)CC(C)C(=O)O. The molecule has 6 nitrogen and oxygen atoms in total. The Hall–Kier alpha value is -2.11. The zero-order valence-corrected chi connectivity index (χ0v) is 10.6. The molecule has 1 unspecified atom stereocenters. The number of methoxy groups -OCH3 is 1. The fourth-order valence-corrected chi connectivity index (χ4v) is 1.49. The van der Waals surface area contributed by atoms with Gasteiger partial charge in [-0.25, -0.2) is 4.98 Å². The molecule has 1 atom stereocenters. The summed E-state index contributed by atoms with van der Waals surface area (Å²) in [7, 11) is 2.98. The van der Waals surface area contributed by atoms with Gasteiger partial charge in [0.1, 0.15) is 5.56 Å². The maximum Gasteiger partial charge on any atom is 0.308 e. The number of carboxylic acids is 1. The third-order valence-electron chi connectivity index (χ3n) is 2.51. The third-order valence-corrected chi connectivity index (χ3v) is 2.51. The van der Waals surface area contributed by atoms with E-state index in [2.05, 4.69) is 4.98 Å². The quantitative estimate of drug-likeness (QED) is 0.841. The number of ether oxygens (including phenoxy) is 1. The predicted octanol–water partition coefficient (Wildman–Crippen LogP) is 0.883. The minimum Gasteiger partial charge on any atom is -0.481 e. The lowest BCUT2D eigenvalue weighted by atomic mass is 10.1. The summed E-state index contributed by atoms with van der Waals surface area (Å²) in [6, 6.07) is 3.22. The van der Waals surface area contributed by atoms with Crippen molar-refractivity contribution in [3.05, 3.63) is 23.9 Å². The van der Waals surface area contributed by atoms with Crippen LogP contribution in [0.5, 0.6) is 5.88 Å². The Kier molecular flexibility index (Phi) is 4.65. The Morgan fingerprint density at radius 3 is 2.78 bits per heavy atom. The van der Waals surface area contributed by atoms with Crippen molar-refractivity contribution in [2.45, 2.75) is 6.92 Å². The summed E-state index contributed by atoms with van der Waals surface area (Å²) < 4.78 is 4.99. The number of rotatable bonds is 5. The Bertz CT molecular complexity index is 447. The van der Waals surface area contributed by atoms with Crippen LogP contribution < -0.4 is 4.74 Å². The van der Waals surface area contributed by atoms with Gasteiger partial charge in [-0.2, -0.15) is 0 Å². The van der Waals surface area contributed by atoms with Crippen molar-refractivity contribution in [1.82, 2.24) is 9.88 Å². The molecule has 0 aliphatic carbocycles. The molecule has 1 aromatic heterocycles. The van der Waals surface area contributed by atoms with E-state index < -0.39 is 11.9 Å². The summed E-state index contributed by atoms with van der Waals surface area (Å²) in [6.07, 6.45) is 1.52. The average Bonchev–Trinajstić information content (AvgIpc) is 2.37.